The molecule has 1 aliphatic heterocycles. The lowest BCUT2D eigenvalue weighted by atomic mass is 9.80. The summed E-state index contributed by atoms with van der Waals surface area (Å²) in [5, 5.41) is 8.16. The Labute approximate surface area is 159 Å². The minimum absolute atomic E-state index is 0.108. The second-order valence-corrected chi connectivity index (χ2v) is 7.05. The number of halogens is 1. The smallest absolute Gasteiger partial charge is 0.276 e. The van der Waals surface area contributed by atoms with Crippen LogP contribution in [0.5, 0.6) is 0 Å². The summed E-state index contributed by atoms with van der Waals surface area (Å²) in [5.74, 6) is -0.386. The maximum absolute atomic E-state index is 13.2. The summed E-state index contributed by atoms with van der Waals surface area (Å²) in [5.41, 5.74) is 0.946. The zero-order chi connectivity index (χ0) is 19.3. The van der Waals surface area contributed by atoms with E-state index >= 15 is 0 Å². The first-order valence-corrected chi connectivity index (χ1v) is 9.26. The fourth-order valence-corrected chi connectivity index (χ4v) is 3.85. The van der Waals surface area contributed by atoms with Gasteiger partial charge >= 0.3 is 0 Å². The second kappa shape index (κ2) is 8.29. The summed E-state index contributed by atoms with van der Waals surface area (Å²) < 4.78 is 14.6. The van der Waals surface area contributed by atoms with Gasteiger partial charge in [0.15, 0.2) is 5.69 Å². The van der Waals surface area contributed by atoms with Gasteiger partial charge in [-0.2, -0.15) is 0 Å². The number of hydrogen-bond acceptors (Lipinski definition) is 3. The van der Waals surface area contributed by atoms with Crippen LogP contribution in [0.25, 0.3) is 0 Å². The number of benzene rings is 1. The number of hydrogen-bond donors (Lipinski definition) is 0. The van der Waals surface area contributed by atoms with Gasteiger partial charge in [0, 0.05) is 6.54 Å². The zero-order valence-corrected chi connectivity index (χ0v) is 15.5. The van der Waals surface area contributed by atoms with Crippen molar-refractivity contribution in [2.75, 3.05) is 6.54 Å². The van der Waals surface area contributed by atoms with Crippen molar-refractivity contribution < 1.29 is 9.18 Å². The molecule has 0 aliphatic carbocycles. The molecular formula is C21H25FN4O. The fraction of sp³-hybridized carbons (Fsp3) is 0.381. The van der Waals surface area contributed by atoms with Crippen LogP contribution in [0.15, 0.2) is 55.8 Å². The predicted molar refractivity (Wildman–Crippen MR) is 103 cm³/mol. The molecule has 1 saturated heterocycles. The van der Waals surface area contributed by atoms with Crippen molar-refractivity contribution >= 4 is 5.91 Å². The Morgan fingerprint density at radius 2 is 1.89 bits per heavy atom. The van der Waals surface area contributed by atoms with Crippen molar-refractivity contribution in [2.45, 2.75) is 44.2 Å². The van der Waals surface area contributed by atoms with Crippen LogP contribution in [0.4, 0.5) is 4.39 Å². The minimum atomic E-state index is -0.279. The number of carbonyl (C=O) groups excluding carboxylic acids is 1. The SMILES string of the molecule is C=CCC1(CC=C)CCCCN1C(=O)c1cn(Cc2ccc(F)cc2)nn1. The Morgan fingerprint density at radius 3 is 2.56 bits per heavy atom. The third kappa shape index (κ3) is 4.15. The van der Waals surface area contributed by atoms with E-state index in [2.05, 4.69) is 23.5 Å². The highest BCUT2D eigenvalue weighted by atomic mass is 19.1. The average molecular weight is 368 g/mol. The fourth-order valence-electron chi connectivity index (χ4n) is 3.85. The molecule has 0 atom stereocenters. The van der Waals surface area contributed by atoms with Gasteiger partial charge in [0.05, 0.1) is 18.3 Å². The van der Waals surface area contributed by atoms with Gasteiger partial charge in [0.1, 0.15) is 5.82 Å². The van der Waals surface area contributed by atoms with E-state index in [-0.39, 0.29) is 17.3 Å². The highest BCUT2D eigenvalue weighted by molar-refractivity contribution is 5.92. The normalized spacial score (nSPS) is 16.1. The van der Waals surface area contributed by atoms with Crippen molar-refractivity contribution in [1.82, 2.24) is 19.9 Å². The van der Waals surface area contributed by atoms with E-state index in [9.17, 15) is 9.18 Å². The molecule has 0 radical (unpaired) electrons. The maximum Gasteiger partial charge on any atom is 0.276 e. The number of piperidine rings is 1. The van der Waals surface area contributed by atoms with Gasteiger partial charge in [-0.05, 0) is 49.8 Å². The highest BCUT2D eigenvalue weighted by Crippen LogP contribution is 2.36. The van der Waals surface area contributed by atoms with Gasteiger partial charge in [-0.25, -0.2) is 9.07 Å². The number of nitrogens with zero attached hydrogens (tertiary/aromatic N) is 4. The molecule has 2 heterocycles. The predicted octanol–water partition coefficient (Wildman–Crippen LogP) is 3.98. The first-order valence-electron chi connectivity index (χ1n) is 9.26. The van der Waals surface area contributed by atoms with Crippen molar-refractivity contribution in [1.29, 1.82) is 0 Å². The van der Waals surface area contributed by atoms with Crippen LogP contribution in [-0.2, 0) is 6.54 Å². The molecular weight excluding hydrogens is 343 g/mol. The summed E-state index contributed by atoms with van der Waals surface area (Å²) in [7, 11) is 0. The van der Waals surface area contributed by atoms with E-state index in [4.69, 9.17) is 0 Å². The Balaban J connectivity index is 1.79. The van der Waals surface area contributed by atoms with Gasteiger partial charge < -0.3 is 4.90 Å². The molecule has 2 aromatic rings. The Bertz CT molecular complexity index is 802. The van der Waals surface area contributed by atoms with E-state index in [0.717, 1.165) is 37.7 Å². The van der Waals surface area contributed by atoms with Crippen LogP contribution in [0.3, 0.4) is 0 Å². The van der Waals surface area contributed by atoms with Crippen molar-refractivity contribution in [3.05, 3.63) is 72.8 Å². The Morgan fingerprint density at radius 1 is 1.19 bits per heavy atom. The van der Waals surface area contributed by atoms with Gasteiger partial charge in [-0.1, -0.05) is 29.5 Å². The maximum atomic E-state index is 13.2. The summed E-state index contributed by atoms with van der Waals surface area (Å²) in [6.45, 7) is 8.88. The minimum Gasteiger partial charge on any atom is -0.331 e. The van der Waals surface area contributed by atoms with E-state index in [1.807, 2.05) is 17.1 Å². The molecule has 0 saturated carbocycles. The van der Waals surface area contributed by atoms with Gasteiger partial charge in [0.2, 0.25) is 0 Å². The van der Waals surface area contributed by atoms with E-state index in [1.54, 1.807) is 23.0 Å². The molecule has 1 aliphatic rings. The van der Waals surface area contributed by atoms with E-state index < -0.39 is 0 Å². The summed E-state index contributed by atoms with van der Waals surface area (Å²) >= 11 is 0. The van der Waals surface area contributed by atoms with Crippen LogP contribution in [0.2, 0.25) is 0 Å². The molecule has 1 fully saturated rings. The molecule has 27 heavy (non-hydrogen) atoms. The first-order chi connectivity index (χ1) is 13.1. The summed E-state index contributed by atoms with van der Waals surface area (Å²) in [4.78, 5) is 15.1. The summed E-state index contributed by atoms with van der Waals surface area (Å²) in [6, 6.07) is 6.21. The molecule has 0 unspecified atom stereocenters. The number of aromatic nitrogens is 3. The number of amides is 1. The third-order valence-corrected chi connectivity index (χ3v) is 5.16. The molecule has 6 heteroatoms. The largest absolute Gasteiger partial charge is 0.331 e. The molecule has 0 bridgehead atoms. The van der Waals surface area contributed by atoms with E-state index in [0.29, 0.717) is 18.8 Å². The molecule has 142 valence electrons. The molecule has 3 rings (SSSR count). The van der Waals surface area contributed by atoms with Crippen LogP contribution < -0.4 is 0 Å². The molecule has 5 nitrogen and oxygen atoms in total. The lowest BCUT2D eigenvalue weighted by Gasteiger charge is -2.46. The summed E-state index contributed by atoms with van der Waals surface area (Å²) in [6.07, 6.45) is 9.87. The zero-order valence-electron chi connectivity index (χ0n) is 15.5. The Hall–Kier alpha value is -2.76. The van der Waals surface area contributed by atoms with Crippen molar-refractivity contribution in [2.24, 2.45) is 0 Å². The van der Waals surface area contributed by atoms with Crippen LogP contribution in [0.1, 0.15) is 48.2 Å². The number of carbonyl (C=O) groups is 1. The third-order valence-electron chi connectivity index (χ3n) is 5.16. The number of rotatable bonds is 7. The van der Waals surface area contributed by atoms with Gasteiger partial charge in [-0.3, -0.25) is 4.79 Å². The Kier molecular flexibility index (Phi) is 5.84. The first kappa shape index (κ1) is 19.0. The second-order valence-electron chi connectivity index (χ2n) is 7.05. The highest BCUT2D eigenvalue weighted by Gasteiger charge is 2.40. The topological polar surface area (TPSA) is 51.0 Å². The lowest BCUT2D eigenvalue weighted by molar-refractivity contribution is 0.0324. The van der Waals surface area contributed by atoms with Gasteiger partial charge in [0.25, 0.3) is 5.91 Å². The molecule has 1 aromatic heterocycles. The van der Waals surface area contributed by atoms with Crippen LogP contribution in [-0.4, -0.2) is 37.9 Å². The van der Waals surface area contributed by atoms with Gasteiger partial charge in [-0.15, -0.1) is 18.3 Å². The lowest BCUT2D eigenvalue weighted by Crippen LogP contribution is -2.54. The number of likely N-dealkylation sites (tertiary alicyclic amines) is 1. The molecule has 0 N–H and O–H groups in total. The molecule has 1 amide bonds. The quantitative estimate of drug-likeness (QED) is 0.695. The monoisotopic (exact) mass is 368 g/mol. The van der Waals surface area contributed by atoms with Crippen molar-refractivity contribution in [3.8, 4) is 0 Å². The average Bonchev–Trinajstić information content (AvgIpc) is 3.12. The van der Waals surface area contributed by atoms with E-state index in [1.165, 1.54) is 12.1 Å². The van der Waals surface area contributed by atoms with Crippen LogP contribution >= 0.6 is 0 Å². The molecule has 1 aromatic carbocycles. The van der Waals surface area contributed by atoms with Crippen LogP contribution in [0, 0.1) is 5.82 Å². The molecule has 0 spiro atoms. The standard InChI is InChI=1S/C21H25FN4O/c1-3-11-21(12-4-2)13-5-6-14-26(21)20(27)19-16-25(24-23-19)15-17-7-9-18(22)10-8-17/h3-4,7-10,16H,1-2,5-6,11-15H2. The van der Waals surface area contributed by atoms with Crippen molar-refractivity contribution in [3.63, 3.8) is 0 Å².